The molecule has 0 fully saturated rings. The lowest BCUT2D eigenvalue weighted by atomic mass is 10.1. The van der Waals surface area contributed by atoms with Crippen LogP contribution in [-0.2, 0) is 0 Å². The zero-order valence-corrected chi connectivity index (χ0v) is 12.8. The summed E-state index contributed by atoms with van der Waals surface area (Å²) in [6.45, 7) is 0.290. The molecular weight excluding hydrogens is 300 g/mol. The van der Waals surface area contributed by atoms with Crippen molar-refractivity contribution in [3.63, 3.8) is 0 Å². The molecule has 24 heavy (non-hydrogen) atoms. The van der Waals surface area contributed by atoms with Crippen molar-refractivity contribution in [3.05, 3.63) is 66.0 Å². The molecule has 116 valence electrons. The average molecular weight is 314 g/mol. The second-order valence-corrected chi connectivity index (χ2v) is 5.74. The number of nitrogens with one attached hydrogen (secondary N) is 1. The lowest BCUT2D eigenvalue weighted by Crippen LogP contribution is -1.92. The summed E-state index contributed by atoms with van der Waals surface area (Å²) in [5, 5.41) is 2.40. The van der Waals surface area contributed by atoms with Crippen LogP contribution in [0.1, 0.15) is 11.3 Å². The highest BCUT2D eigenvalue weighted by Crippen LogP contribution is 2.33. The average Bonchev–Trinajstić information content (AvgIpc) is 3.24. The molecule has 1 aliphatic heterocycles. The van der Waals surface area contributed by atoms with E-state index in [2.05, 4.69) is 28.2 Å². The normalized spacial score (nSPS) is 13.3. The molecule has 0 spiro atoms. The summed E-state index contributed by atoms with van der Waals surface area (Å²) in [5.74, 6) is 1.58. The van der Waals surface area contributed by atoms with Crippen LogP contribution in [0.5, 0.6) is 11.5 Å². The first-order valence-corrected chi connectivity index (χ1v) is 7.82. The van der Waals surface area contributed by atoms with E-state index in [1.807, 2.05) is 48.7 Å². The maximum atomic E-state index is 5.42. The molecule has 0 saturated carbocycles. The Labute approximate surface area is 138 Å². The second-order valence-electron chi connectivity index (χ2n) is 5.74. The highest BCUT2D eigenvalue weighted by atomic mass is 16.7. The summed E-state index contributed by atoms with van der Waals surface area (Å²) in [7, 11) is 0. The molecule has 4 heteroatoms. The fourth-order valence-corrected chi connectivity index (χ4v) is 3.11. The molecule has 0 saturated heterocycles. The van der Waals surface area contributed by atoms with Gasteiger partial charge in [-0.15, -0.1) is 0 Å². The lowest BCUT2D eigenvalue weighted by Gasteiger charge is -1.99. The number of ether oxygens (including phenoxy) is 2. The van der Waals surface area contributed by atoms with Crippen LogP contribution in [0, 0.1) is 0 Å². The van der Waals surface area contributed by atoms with Gasteiger partial charge in [0, 0.05) is 22.5 Å². The van der Waals surface area contributed by atoms with Crippen molar-refractivity contribution in [2.75, 3.05) is 6.79 Å². The number of pyridine rings is 1. The predicted octanol–water partition coefficient (Wildman–Crippen LogP) is 4.62. The quantitative estimate of drug-likeness (QED) is 0.587. The monoisotopic (exact) mass is 314 g/mol. The van der Waals surface area contributed by atoms with E-state index in [9.17, 15) is 0 Å². The first kappa shape index (κ1) is 13.2. The smallest absolute Gasteiger partial charge is 0.231 e. The highest BCUT2D eigenvalue weighted by molar-refractivity contribution is 6.09. The second kappa shape index (κ2) is 5.13. The summed E-state index contributed by atoms with van der Waals surface area (Å²) in [5.41, 5.74) is 4.14. The Balaban J connectivity index is 1.59. The third-order valence-electron chi connectivity index (χ3n) is 4.29. The molecule has 4 nitrogen and oxygen atoms in total. The molecule has 2 aromatic heterocycles. The number of hydrogen-bond acceptors (Lipinski definition) is 3. The number of aromatic nitrogens is 2. The number of H-pyrrole nitrogens is 1. The number of fused-ring (bicyclic) bond motifs is 4. The van der Waals surface area contributed by atoms with Gasteiger partial charge in [0.15, 0.2) is 11.5 Å². The molecule has 0 atom stereocenters. The first-order chi connectivity index (χ1) is 11.9. The molecule has 1 aliphatic rings. The van der Waals surface area contributed by atoms with Crippen LogP contribution in [0.15, 0.2) is 54.7 Å². The van der Waals surface area contributed by atoms with E-state index in [1.54, 1.807) is 0 Å². The van der Waals surface area contributed by atoms with Crippen molar-refractivity contribution >= 4 is 34.0 Å². The van der Waals surface area contributed by atoms with Gasteiger partial charge in [-0.3, -0.25) is 4.98 Å². The van der Waals surface area contributed by atoms with Gasteiger partial charge >= 0.3 is 0 Å². The van der Waals surface area contributed by atoms with Gasteiger partial charge in [0.2, 0.25) is 6.79 Å². The molecule has 0 unspecified atom stereocenters. The van der Waals surface area contributed by atoms with Crippen molar-refractivity contribution in [3.8, 4) is 11.5 Å². The molecule has 0 bridgehead atoms. The van der Waals surface area contributed by atoms with Gasteiger partial charge in [0.1, 0.15) is 0 Å². The maximum absolute atomic E-state index is 5.42. The zero-order chi connectivity index (χ0) is 15.9. The van der Waals surface area contributed by atoms with E-state index in [4.69, 9.17) is 9.47 Å². The Kier molecular flexibility index (Phi) is 2.82. The SMILES string of the molecule is C(=Cc1nccc2c1[nH]c1ccccc12)c1ccc2c(c1)OCO2. The van der Waals surface area contributed by atoms with Crippen LogP contribution < -0.4 is 9.47 Å². The van der Waals surface area contributed by atoms with E-state index in [0.717, 1.165) is 33.8 Å². The third kappa shape index (κ3) is 2.04. The maximum Gasteiger partial charge on any atom is 0.231 e. The summed E-state index contributed by atoms with van der Waals surface area (Å²) in [4.78, 5) is 7.98. The Hall–Kier alpha value is -3.27. The predicted molar refractivity (Wildman–Crippen MR) is 95.1 cm³/mol. The molecule has 0 aliphatic carbocycles. The third-order valence-corrected chi connectivity index (χ3v) is 4.29. The van der Waals surface area contributed by atoms with Crippen LogP contribution in [-0.4, -0.2) is 16.8 Å². The Morgan fingerprint density at radius 3 is 2.83 bits per heavy atom. The van der Waals surface area contributed by atoms with E-state index < -0.39 is 0 Å². The van der Waals surface area contributed by atoms with Crippen LogP contribution >= 0.6 is 0 Å². The van der Waals surface area contributed by atoms with Gasteiger partial charge in [-0.25, -0.2) is 0 Å². The minimum Gasteiger partial charge on any atom is -0.454 e. The first-order valence-electron chi connectivity index (χ1n) is 7.82. The van der Waals surface area contributed by atoms with Gasteiger partial charge in [-0.05, 0) is 35.9 Å². The minimum atomic E-state index is 0.290. The number of para-hydroxylation sites is 1. The Morgan fingerprint density at radius 2 is 1.83 bits per heavy atom. The van der Waals surface area contributed by atoms with Crippen molar-refractivity contribution in [1.29, 1.82) is 0 Å². The molecule has 5 rings (SSSR count). The van der Waals surface area contributed by atoms with Crippen LogP contribution in [0.3, 0.4) is 0 Å². The zero-order valence-electron chi connectivity index (χ0n) is 12.8. The van der Waals surface area contributed by atoms with Gasteiger partial charge in [-0.1, -0.05) is 30.3 Å². The molecule has 0 radical (unpaired) electrons. The van der Waals surface area contributed by atoms with Crippen LogP contribution in [0.2, 0.25) is 0 Å². The summed E-state index contributed by atoms with van der Waals surface area (Å²) >= 11 is 0. The van der Waals surface area contributed by atoms with Crippen LogP contribution in [0.25, 0.3) is 34.0 Å². The minimum absolute atomic E-state index is 0.290. The Bertz CT molecular complexity index is 1100. The lowest BCUT2D eigenvalue weighted by molar-refractivity contribution is 0.174. The number of aromatic amines is 1. The van der Waals surface area contributed by atoms with Crippen molar-refractivity contribution in [1.82, 2.24) is 9.97 Å². The van der Waals surface area contributed by atoms with E-state index in [1.165, 1.54) is 10.8 Å². The molecular formula is C20H14N2O2. The van der Waals surface area contributed by atoms with Crippen LogP contribution in [0.4, 0.5) is 0 Å². The molecule has 3 heterocycles. The van der Waals surface area contributed by atoms with Gasteiger partial charge in [0.05, 0.1) is 11.2 Å². The van der Waals surface area contributed by atoms with Crippen molar-refractivity contribution in [2.24, 2.45) is 0 Å². The fourth-order valence-electron chi connectivity index (χ4n) is 3.11. The van der Waals surface area contributed by atoms with Crippen molar-refractivity contribution in [2.45, 2.75) is 0 Å². The largest absolute Gasteiger partial charge is 0.454 e. The summed E-state index contributed by atoms with van der Waals surface area (Å²) in [6.07, 6.45) is 5.91. The van der Waals surface area contributed by atoms with E-state index in [0.29, 0.717) is 6.79 Å². The fraction of sp³-hybridized carbons (Fsp3) is 0.0500. The molecule has 0 amide bonds. The summed E-state index contributed by atoms with van der Waals surface area (Å²) < 4.78 is 10.8. The number of benzene rings is 2. The Morgan fingerprint density at radius 1 is 0.917 bits per heavy atom. The van der Waals surface area contributed by atoms with Gasteiger partial charge in [-0.2, -0.15) is 0 Å². The molecule has 4 aromatic rings. The number of nitrogens with zero attached hydrogens (tertiary/aromatic N) is 1. The van der Waals surface area contributed by atoms with Gasteiger partial charge < -0.3 is 14.5 Å². The highest BCUT2D eigenvalue weighted by Gasteiger charge is 2.12. The standard InChI is InChI=1S/C20H14N2O2/c1-2-4-16-14(3-1)15-9-10-21-17(20(15)22-16)7-5-13-6-8-18-19(11-13)24-12-23-18/h1-11,22H,12H2. The van der Waals surface area contributed by atoms with E-state index >= 15 is 0 Å². The number of rotatable bonds is 2. The summed E-state index contributed by atoms with van der Waals surface area (Å²) in [6, 6.07) is 16.3. The van der Waals surface area contributed by atoms with Gasteiger partial charge in [0.25, 0.3) is 0 Å². The number of hydrogen-bond donors (Lipinski definition) is 1. The molecule has 1 N–H and O–H groups in total. The molecule has 2 aromatic carbocycles. The topological polar surface area (TPSA) is 47.1 Å². The van der Waals surface area contributed by atoms with E-state index in [-0.39, 0.29) is 0 Å². The van der Waals surface area contributed by atoms with Crippen molar-refractivity contribution < 1.29 is 9.47 Å².